The summed E-state index contributed by atoms with van der Waals surface area (Å²) in [6, 6.07) is 1.79. The minimum atomic E-state index is -0.307. The Bertz CT molecular complexity index is 559. The molecule has 0 radical (unpaired) electrons. The molecular formula is C15H21N5O3. The van der Waals surface area contributed by atoms with Crippen molar-refractivity contribution in [1.82, 2.24) is 19.8 Å². The fourth-order valence-corrected chi connectivity index (χ4v) is 2.85. The monoisotopic (exact) mass is 319 g/mol. The molecule has 0 aliphatic carbocycles. The van der Waals surface area contributed by atoms with E-state index in [9.17, 15) is 9.59 Å². The molecule has 0 aromatic carbocycles. The van der Waals surface area contributed by atoms with E-state index in [1.54, 1.807) is 25.5 Å². The van der Waals surface area contributed by atoms with E-state index in [0.29, 0.717) is 38.4 Å². The highest BCUT2D eigenvalue weighted by atomic mass is 16.6. The summed E-state index contributed by atoms with van der Waals surface area (Å²) >= 11 is 0. The summed E-state index contributed by atoms with van der Waals surface area (Å²) in [5.41, 5.74) is 0. The third-order valence-electron chi connectivity index (χ3n) is 4.20. The molecule has 1 aromatic heterocycles. The molecule has 0 spiro atoms. The molecule has 0 bridgehead atoms. The molecule has 1 unspecified atom stereocenters. The van der Waals surface area contributed by atoms with Gasteiger partial charge in [-0.1, -0.05) is 0 Å². The molecule has 2 amide bonds. The van der Waals surface area contributed by atoms with Crippen molar-refractivity contribution in [3.63, 3.8) is 0 Å². The van der Waals surface area contributed by atoms with Crippen LogP contribution in [-0.4, -0.2) is 77.6 Å². The average Bonchev–Trinajstić information content (AvgIpc) is 2.92. The minimum Gasteiger partial charge on any atom is -0.444 e. The molecule has 2 saturated heterocycles. The van der Waals surface area contributed by atoms with Crippen LogP contribution in [0, 0.1) is 0 Å². The SMILES string of the molecule is CN1CC(CCC(=O)N2CCN(c3ncccn3)CC2)OC1=O. The van der Waals surface area contributed by atoms with Gasteiger partial charge in [-0.05, 0) is 12.5 Å². The fraction of sp³-hybridized carbons (Fsp3) is 0.600. The standard InChI is InChI=1S/C15H21N5O3/c1-18-11-12(23-15(18)22)3-4-13(21)19-7-9-20(10-8-19)14-16-5-2-6-17-14/h2,5-6,12H,3-4,7-11H2,1H3. The number of cyclic esters (lactones) is 1. The summed E-state index contributed by atoms with van der Waals surface area (Å²) in [6.07, 6.45) is 3.96. The molecule has 1 aromatic rings. The largest absolute Gasteiger partial charge is 0.444 e. The lowest BCUT2D eigenvalue weighted by Crippen LogP contribution is -2.49. The number of aromatic nitrogens is 2. The Hall–Kier alpha value is -2.38. The molecule has 1 atom stereocenters. The number of piperazine rings is 1. The first-order chi connectivity index (χ1) is 11.1. The van der Waals surface area contributed by atoms with Crippen molar-refractivity contribution in [1.29, 1.82) is 0 Å². The van der Waals surface area contributed by atoms with Gasteiger partial charge in [0.15, 0.2) is 0 Å². The number of nitrogens with zero attached hydrogens (tertiary/aromatic N) is 5. The maximum Gasteiger partial charge on any atom is 0.409 e. The van der Waals surface area contributed by atoms with Crippen LogP contribution in [0.5, 0.6) is 0 Å². The zero-order valence-corrected chi connectivity index (χ0v) is 13.2. The van der Waals surface area contributed by atoms with Crippen LogP contribution in [0.15, 0.2) is 18.5 Å². The Balaban J connectivity index is 1.43. The third kappa shape index (κ3) is 3.69. The van der Waals surface area contributed by atoms with E-state index in [0.717, 1.165) is 13.1 Å². The quantitative estimate of drug-likeness (QED) is 0.797. The number of hydrogen-bond donors (Lipinski definition) is 0. The number of anilines is 1. The van der Waals surface area contributed by atoms with Crippen molar-refractivity contribution in [2.24, 2.45) is 0 Å². The zero-order chi connectivity index (χ0) is 16.2. The summed E-state index contributed by atoms with van der Waals surface area (Å²) in [5.74, 6) is 0.824. The van der Waals surface area contributed by atoms with Gasteiger partial charge in [-0.2, -0.15) is 0 Å². The summed E-state index contributed by atoms with van der Waals surface area (Å²) < 4.78 is 5.18. The van der Waals surface area contributed by atoms with Gasteiger partial charge in [0.25, 0.3) is 0 Å². The highest BCUT2D eigenvalue weighted by Gasteiger charge is 2.29. The lowest BCUT2D eigenvalue weighted by molar-refractivity contribution is -0.132. The summed E-state index contributed by atoms with van der Waals surface area (Å²) in [6.45, 7) is 3.36. The van der Waals surface area contributed by atoms with Crippen molar-refractivity contribution in [3.05, 3.63) is 18.5 Å². The van der Waals surface area contributed by atoms with Crippen molar-refractivity contribution in [2.75, 3.05) is 44.7 Å². The molecule has 2 aliphatic rings. The summed E-state index contributed by atoms with van der Waals surface area (Å²) in [7, 11) is 1.70. The molecule has 8 heteroatoms. The highest BCUT2D eigenvalue weighted by molar-refractivity contribution is 5.76. The maximum atomic E-state index is 12.3. The minimum absolute atomic E-state index is 0.115. The Morgan fingerprint density at radius 1 is 1.26 bits per heavy atom. The van der Waals surface area contributed by atoms with Crippen LogP contribution in [0.3, 0.4) is 0 Å². The number of carbonyl (C=O) groups is 2. The molecule has 2 fully saturated rings. The van der Waals surface area contributed by atoms with Gasteiger partial charge in [0, 0.05) is 52.0 Å². The molecule has 0 N–H and O–H groups in total. The van der Waals surface area contributed by atoms with Crippen LogP contribution < -0.4 is 4.90 Å². The van der Waals surface area contributed by atoms with Gasteiger partial charge in [0.1, 0.15) is 6.10 Å². The highest BCUT2D eigenvalue weighted by Crippen LogP contribution is 2.16. The summed E-state index contributed by atoms with van der Waals surface area (Å²) in [5, 5.41) is 0. The second-order valence-electron chi connectivity index (χ2n) is 5.84. The van der Waals surface area contributed by atoms with Gasteiger partial charge in [-0.3, -0.25) is 4.79 Å². The average molecular weight is 319 g/mol. The van der Waals surface area contributed by atoms with Gasteiger partial charge in [0.05, 0.1) is 6.54 Å². The van der Waals surface area contributed by atoms with Crippen LogP contribution in [0.4, 0.5) is 10.7 Å². The van der Waals surface area contributed by atoms with Crippen molar-refractivity contribution in [2.45, 2.75) is 18.9 Å². The van der Waals surface area contributed by atoms with Crippen molar-refractivity contribution >= 4 is 17.9 Å². The van der Waals surface area contributed by atoms with E-state index in [4.69, 9.17) is 4.74 Å². The molecular weight excluding hydrogens is 298 g/mol. The van der Waals surface area contributed by atoms with E-state index < -0.39 is 0 Å². The van der Waals surface area contributed by atoms with Crippen LogP contribution >= 0.6 is 0 Å². The maximum absolute atomic E-state index is 12.3. The lowest BCUT2D eigenvalue weighted by Gasteiger charge is -2.34. The molecule has 0 saturated carbocycles. The zero-order valence-electron chi connectivity index (χ0n) is 13.2. The van der Waals surface area contributed by atoms with Gasteiger partial charge >= 0.3 is 6.09 Å². The first kappa shape index (κ1) is 15.5. The number of carbonyl (C=O) groups excluding carboxylic acids is 2. The number of hydrogen-bond acceptors (Lipinski definition) is 6. The van der Waals surface area contributed by atoms with Gasteiger partial charge < -0.3 is 19.4 Å². The molecule has 2 aliphatic heterocycles. The third-order valence-corrected chi connectivity index (χ3v) is 4.20. The predicted molar refractivity (Wildman–Crippen MR) is 83.0 cm³/mol. The van der Waals surface area contributed by atoms with Crippen molar-refractivity contribution < 1.29 is 14.3 Å². The molecule has 3 rings (SSSR count). The van der Waals surface area contributed by atoms with Crippen LogP contribution in [-0.2, 0) is 9.53 Å². The first-order valence-electron chi connectivity index (χ1n) is 7.85. The predicted octanol–water partition coefficient (Wildman–Crippen LogP) is 0.356. The normalized spacial score (nSPS) is 21.5. The fourth-order valence-electron chi connectivity index (χ4n) is 2.85. The second kappa shape index (κ2) is 6.80. The van der Waals surface area contributed by atoms with Crippen molar-refractivity contribution in [3.8, 4) is 0 Å². The van der Waals surface area contributed by atoms with Gasteiger partial charge in [-0.25, -0.2) is 14.8 Å². The van der Waals surface area contributed by atoms with E-state index >= 15 is 0 Å². The lowest BCUT2D eigenvalue weighted by atomic mass is 10.1. The molecule has 3 heterocycles. The topological polar surface area (TPSA) is 78.9 Å². The molecule has 8 nitrogen and oxygen atoms in total. The van der Waals surface area contributed by atoms with Crippen LogP contribution in [0.25, 0.3) is 0 Å². The first-order valence-corrected chi connectivity index (χ1v) is 7.85. The summed E-state index contributed by atoms with van der Waals surface area (Å²) in [4.78, 5) is 37.5. The van der Waals surface area contributed by atoms with E-state index in [1.807, 2.05) is 4.90 Å². The number of ether oxygens (including phenoxy) is 1. The number of rotatable bonds is 4. The Morgan fingerprint density at radius 3 is 2.57 bits per heavy atom. The Morgan fingerprint density at radius 2 is 1.96 bits per heavy atom. The second-order valence-corrected chi connectivity index (χ2v) is 5.84. The van der Waals surface area contributed by atoms with Gasteiger partial charge in [0.2, 0.25) is 11.9 Å². The smallest absolute Gasteiger partial charge is 0.409 e. The Labute approximate surface area is 135 Å². The van der Waals surface area contributed by atoms with E-state index in [-0.39, 0.29) is 18.1 Å². The number of amides is 2. The number of likely N-dealkylation sites (N-methyl/N-ethyl adjacent to an activating group) is 1. The Kier molecular flexibility index (Phi) is 4.59. The van der Waals surface area contributed by atoms with Crippen LogP contribution in [0.2, 0.25) is 0 Å². The molecule has 23 heavy (non-hydrogen) atoms. The van der Waals surface area contributed by atoms with Gasteiger partial charge in [-0.15, -0.1) is 0 Å². The molecule has 124 valence electrons. The van der Waals surface area contributed by atoms with Crippen LogP contribution in [0.1, 0.15) is 12.8 Å². The van der Waals surface area contributed by atoms with E-state index in [2.05, 4.69) is 14.9 Å². The van der Waals surface area contributed by atoms with E-state index in [1.165, 1.54) is 4.90 Å².